The molecule has 0 bridgehead atoms. The lowest BCUT2D eigenvalue weighted by molar-refractivity contribution is 0.349. The van der Waals surface area contributed by atoms with Crippen molar-refractivity contribution in [3.05, 3.63) is 42.0 Å². The first-order valence-electron chi connectivity index (χ1n) is 10.3. The molecule has 0 fully saturated rings. The zero-order chi connectivity index (χ0) is 16.9. The smallest absolute Gasteiger partial charge is 0.119 e. The molecule has 0 saturated heterocycles. The molecule has 0 amide bonds. The van der Waals surface area contributed by atoms with Crippen molar-refractivity contribution < 1.29 is 4.74 Å². The Bertz CT molecular complexity index is 448. The molecule has 0 aliphatic heterocycles. The molecule has 0 aromatic heterocycles. The molecule has 0 saturated carbocycles. The van der Waals surface area contributed by atoms with E-state index in [9.17, 15) is 0 Å². The predicted molar refractivity (Wildman–Crippen MR) is 105 cm³/mol. The normalized spacial score (nSPS) is 17.0. The maximum absolute atomic E-state index is 5.87. The second-order valence-corrected chi connectivity index (χ2v) is 7.34. The number of benzene rings is 1. The topological polar surface area (TPSA) is 9.23 Å². The highest BCUT2D eigenvalue weighted by Gasteiger charge is 2.15. The van der Waals surface area contributed by atoms with E-state index in [4.69, 9.17) is 4.74 Å². The fourth-order valence-electron chi connectivity index (χ4n) is 3.63. The van der Waals surface area contributed by atoms with Crippen LogP contribution in [0.4, 0.5) is 0 Å². The zero-order valence-corrected chi connectivity index (χ0v) is 15.6. The maximum atomic E-state index is 5.87. The highest BCUT2D eigenvalue weighted by Crippen LogP contribution is 2.29. The Kier molecular flexibility index (Phi) is 9.68. The number of hydrogen-bond donors (Lipinski definition) is 0. The summed E-state index contributed by atoms with van der Waals surface area (Å²) in [5.41, 5.74) is 1.50. The minimum atomic E-state index is 0.776. The molecule has 1 heteroatoms. The lowest BCUT2D eigenvalue weighted by Crippen LogP contribution is -1.98. The molecule has 1 aliphatic carbocycles. The van der Waals surface area contributed by atoms with Gasteiger partial charge in [-0.3, -0.25) is 0 Å². The van der Waals surface area contributed by atoms with Gasteiger partial charge in [0, 0.05) is 0 Å². The Morgan fingerprint density at radius 2 is 1.54 bits per heavy atom. The molecule has 1 nitrogen and oxygen atoms in total. The molecule has 1 aromatic rings. The number of ether oxygens (including phenoxy) is 1. The SMILES string of the molecule is CCCCCCCCCCCC1C=C(COc2ccccc2)CC1. The average molecular weight is 329 g/mol. The minimum absolute atomic E-state index is 0.776. The number of allylic oxidation sites excluding steroid dienone is 1. The van der Waals surface area contributed by atoms with E-state index in [-0.39, 0.29) is 0 Å². The summed E-state index contributed by atoms with van der Waals surface area (Å²) < 4.78 is 5.87. The quantitative estimate of drug-likeness (QED) is 0.272. The molecule has 0 heterocycles. The van der Waals surface area contributed by atoms with E-state index < -0.39 is 0 Å². The third-order valence-electron chi connectivity index (χ3n) is 5.15. The second-order valence-electron chi connectivity index (χ2n) is 7.34. The van der Waals surface area contributed by atoms with Crippen molar-refractivity contribution in [2.75, 3.05) is 6.61 Å². The zero-order valence-electron chi connectivity index (χ0n) is 15.6. The van der Waals surface area contributed by atoms with Gasteiger partial charge in [0.2, 0.25) is 0 Å². The van der Waals surface area contributed by atoms with Crippen LogP contribution in [-0.2, 0) is 0 Å². The van der Waals surface area contributed by atoms with Gasteiger partial charge in [0.1, 0.15) is 12.4 Å². The van der Waals surface area contributed by atoms with E-state index in [1.54, 1.807) is 0 Å². The summed E-state index contributed by atoms with van der Waals surface area (Å²) in [5.74, 6) is 1.80. The van der Waals surface area contributed by atoms with Crippen LogP contribution in [0.25, 0.3) is 0 Å². The Labute approximate surface area is 149 Å². The van der Waals surface area contributed by atoms with Crippen LogP contribution in [0.15, 0.2) is 42.0 Å². The summed E-state index contributed by atoms with van der Waals surface area (Å²) in [5, 5.41) is 0. The van der Waals surface area contributed by atoms with Crippen LogP contribution in [-0.4, -0.2) is 6.61 Å². The standard InChI is InChI=1S/C23H36O/c1-2-3-4-5-6-7-8-9-11-14-21-17-18-22(19-21)20-24-23-15-12-10-13-16-23/h10,12-13,15-16,19,21H,2-9,11,14,17-18,20H2,1H3. The van der Waals surface area contributed by atoms with Crippen LogP contribution in [0, 0.1) is 5.92 Å². The second kappa shape index (κ2) is 12.2. The lowest BCUT2D eigenvalue weighted by Gasteiger charge is -2.06. The van der Waals surface area contributed by atoms with Crippen molar-refractivity contribution in [1.82, 2.24) is 0 Å². The summed E-state index contributed by atoms with van der Waals surface area (Å²) in [6.07, 6.45) is 19.3. The van der Waals surface area contributed by atoms with E-state index in [0.717, 1.165) is 18.3 Å². The molecular weight excluding hydrogens is 292 g/mol. The molecule has 2 rings (SSSR count). The molecule has 1 unspecified atom stereocenters. The van der Waals surface area contributed by atoms with Crippen LogP contribution >= 0.6 is 0 Å². The molecule has 1 atom stereocenters. The number of rotatable bonds is 13. The van der Waals surface area contributed by atoms with Gasteiger partial charge in [0.05, 0.1) is 0 Å². The van der Waals surface area contributed by atoms with Gasteiger partial charge in [-0.15, -0.1) is 0 Å². The third-order valence-corrected chi connectivity index (χ3v) is 5.15. The number of para-hydroxylation sites is 1. The fraction of sp³-hybridized carbons (Fsp3) is 0.652. The highest BCUT2D eigenvalue weighted by atomic mass is 16.5. The van der Waals surface area contributed by atoms with Crippen molar-refractivity contribution in [3.8, 4) is 5.75 Å². The van der Waals surface area contributed by atoms with Crippen molar-refractivity contribution in [1.29, 1.82) is 0 Å². The molecular formula is C23H36O. The van der Waals surface area contributed by atoms with Crippen LogP contribution < -0.4 is 4.74 Å². The summed E-state index contributed by atoms with van der Waals surface area (Å²) >= 11 is 0. The van der Waals surface area contributed by atoms with Gasteiger partial charge in [-0.05, 0) is 42.9 Å². The Hall–Kier alpha value is -1.24. The lowest BCUT2D eigenvalue weighted by atomic mass is 9.99. The fourth-order valence-corrected chi connectivity index (χ4v) is 3.63. The van der Waals surface area contributed by atoms with Gasteiger partial charge in [-0.25, -0.2) is 0 Å². The monoisotopic (exact) mass is 328 g/mol. The summed E-state index contributed by atoms with van der Waals surface area (Å²) in [6.45, 7) is 3.06. The van der Waals surface area contributed by atoms with Gasteiger partial charge in [0.15, 0.2) is 0 Å². The molecule has 24 heavy (non-hydrogen) atoms. The van der Waals surface area contributed by atoms with Crippen molar-refractivity contribution >= 4 is 0 Å². The van der Waals surface area contributed by atoms with Crippen molar-refractivity contribution in [2.45, 2.75) is 84.0 Å². The molecule has 1 aromatic carbocycles. The predicted octanol–water partition coefficient (Wildman–Crippen LogP) is 7.32. The summed E-state index contributed by atoms with van der Waals surface area (Å²) in [7, 11) is 0. The first kappa shape index (κ1) is 19.1. The summed E-state index contributed by atoms with van der Waals surface area (Å²) in [4.78, 5) is 0. The molecule has 0 spiro atoms. The molecule has 0 N–H and O–H groups in total. The Morgan fingerprint density at radius 1 is 0.875 bits per heavy atom. The highest BCUT2D eigenvalue weighted by molar-refractivity contribution is 5.22. The Balaban J connectivity index is 1.48. The minimum Gasteiger partial charge on any atom is -0.489 e. The van der Waals surface area contributed by atoms with Crippen molar-refractivity contribution in [3.63, 3.8) is 0 Å². The third kappa shape index (κ3) is 8.04. The first-order chi connectivity index (χ1) is 11.9. The van der Waals surface area contributed by atoms with Gasteiger partial charge in [-0.1, -0.05) is 89.0 Å². The van der Waals surface area contributed by atoms with Crippen LogP contribution in [0.5, 0.6) is 5.75 Å². The molecule has 134 valence electrons. The number of hydrogen-bond acceptors (Lipinski definition) is 1. The summed E-state index contributed by atoms with van der Waals surface area (Å²) in [6, 6.07) is 10.2. The first-order valence-corrected chi connectivity index (χ1v) is 10.3. The van der Waals surface area contributed by atoms with E-state index in [1.807, 2.05) is 30.3 Å². The van der Waals surface area contributed by atoms with Crippen molar-refractivity contribution in [2.24, 2.45) is 5.92 Å². The Morgan fingerprint density at radius 3 is 2.25 bits per heavy atom. The van der Waals surface area contributed by atoms with E-state index >= 15 is 0 Å². The molecule has 0 radical (unpaired) electrons. The van der Waals surface area contributed by atoms with Crippen LogP contribution in [0.3, 0.4) is 0 Å². The number of unbranched alkanes of at least 4 members (excludes halogenated alkanes) is 8. The van der Waals surface area contributed by atoms with Gasteiger partial charge >= 0.3 is 0 Å². The average Bonchev–Trinajstić information content (AvgIpc) is 3.07. The van der Waals surface area contributed by atoms with Gasteiger partial charge in [0.25, 0.3) is 0 Å². The van der Waals surface area contributed by atoms with E-state index in [0.29, 0.717) is 0 Å². The van der Waals surface area contributed by atoms with Gasteiger partial charge < -0.3 is 4.74 Å². The van der Waals surface area contributed by atoms with E-state index in [1.165, 1.54) is 82.6 Å². The van der Waals surface area contributed by atoms with E-state index in [2.05, 4.69) is 13.0 Å². The molecule has 1 aliphatic rings. The van der Waals surface area contributed by atoms with Crippen LogP contribution in [0.2, 0.25) is 0 Å². The van der Waals surface area contributed by atoms with Gasteiger partial charge in [-0.2, -0.15) is 0 Å². The maximum Gasteiger partial charge on any atom is 0.119 e. The largest absolute Gasteiger partial charge is 0.489 e. The van der Waals surface area contributed by atoms with Crippen LogP contribution in [0.1, 0.15) is 84.0 Å².